The first-order valence-electron chi connectivity index (χ1n) is 7.28. The van der Waals surface area contributed by atoms with Gasteiger partial charge in [0.1, 0.15) is 0 Å². The zero-order chi connectivity index (χ0) is 15.5. The van der Waals surface area contributed by atoms with Crippen molar-refractivity contribution in [3.05, 3.63) is 48.6 Å². The fourth-order valence-electron chi connectivity index (χ4n) is 1.94. The molecule has 0 aliphatic rings. The van der Waals surface area contributed by atoms with Gasteiger partial charge in [0.25, 0.3) is 0 Å². The topological polar surface area (TPSA) is 27.7 Å². The van der Waals surface area contributed by atoms with Crippen LogP contribution in [0.4, 0.5) is 0 Å². The predicted molar refractivity (Wildman–Crippen MR) is 89.5 cm³/mol. The lowest BCUT2D eigenvalue weighted by atomic mass is 10.1. The maximum absolute atomic E-state index is 5.89. The van der Waals surface area contributed by atoms with E-state index in [1.807, 2.05) is 31.2 Å². The molecule has 1 aromatic carbocycles. The molecule has 0 aliphatic heterocycles. The van der Waals surface area contributed by atoms with Crippen molar-refractivity contribution in [1.82, 2.24) is 0 Å². The van der Waals surface area contributed by atoms with Crippen LogP contribution in [0.2, 0.25) is 0 Å². The molecule has 21 heavy (non-hydrogen) atoms. The zero-order valence-corrected chi connectivity index (χ0v) is 14.4. The van der Waals surface area contributed by atoms with Crippen molar-refractivity contribution >= 4 is 15.9 Å². The molecule has 0 fully saturated rings. The van der Waals surface area contributed by atoms with Gasteiger partial charge in [-0.1, -0.05) is 59.3 Å². The van der Waals surface area contributed by atoms with Crippen molar-refractivity contribution in [3.63, 3.8) is 0 Å². The highest BCUT2D eigenvalue weighted by atomic mass is 79.9. The lowest BCUT2D eigenvalue weighted by molar-refractivity contribution is -0.156. The molecule has 0 saturated carbocycles. The van der Waals surface area contributed by atoms with E-state index in [1.54, 1.807) is 0 Å². The fraction of sp³-hybridized carbons (Fsp3) is 0.529. The number of benzene rings is 1. The van der Waals surface area contributed by atoms with Crippen LogP contribution in [0.25, 0.3) is 0 Å². The minimum Gasteiger partial charge on any atom is -0.376 e. The number of halogens is 1. The normalized spacial score (nSPS) is 15.4. The van der Waals surface area contributed by atoms with Crippen LogP contribution < -0.4 is 0 Å². The molecule has 0 aliphatic carbocycles. The molecule has 0 saturated heterocycles. The van der Waals surface area contributed by atoms with E-state index in [2.05, 4.69) is 41.6 Å². The number of hydrogen-bond donors (Lipinski definition) is 0. The third-order valence-corrected chi connectivity index (χ3v) is 3.60. The average molecular weight is 357 g/mol. The summed E-state index contributed by atoms with van der Waals surface area (Å²) in [6.07, 6.45) is 1.47. The summed E-state index contributed by atoms with van der Waals surface area (Å²) in [6.45, 7) is 9.74. The van der Waals surface area contributed by atoms with E-state index < -0.39 is 0 Å². The van der Waals surface area contributed by atoms with Gasteiger partial charge in [0.15, 0.2) is 6.29 Å². The maximum Gasteiger partial charge on any atom is 0.167 e. The smallest absolute Gasteiger partial charge is 0.167 e. The Morgan fingerprint density at radius 2 is 2.00 bits per heavy atom. The van der Waals surface area contributed by atoms with Gasteiger partial charge in [0, 0.05) is 12.5 Å². The van der Waals surface area contributed by atoms with E-state index in [9.17, 15) is 0 Å². The van der Waals surface area contributed by atoms with E-state index in [-0.39, 0.29) is 18.3 Å². The van der Waals surface area contributed by atoms with Gasteiger partial charge in [0.05, 0.1) is 24.6 Å². The summed E-state index contributed by atoms with van der Waals surface area (Å²) in [5.74, 6) is 0.216. The monoisotopic (exact) mass is 356 g/mol. The van der Waals surface area contributed by atoms with Gasteiger partial charge in [-0.2, -0.15) is 0 Å². The molecule has 0 bridgehead atoms. The Kier molecular flexibility index (Phi) is 9.59. The van der Waals surface area contributed by atoms with Crippen molar-refractivity contribution in [2.45, 2.75) is 32.8 Å². The minimum absolute atomic E-state index is 0.0881. The van der Waals surface area contributed by atoms with E-state index >= 15 is 0 Å². The molecule has 3 atom stereocenters. The van der Waals surface area contributed by atoms with Crippen LogP contribution in [0.15, 0.2) is 43.0 Å². The molecular weight excluding hydrogens is 332 g/mol. The molecule has 1 rings (SSSR count). The molecule has 0 aromatic heterocycles. The third-order valence-electron chi connectivity index (χ3n) is 3.07. The summed E-state index contributed by atoms with van der Waals surface area (Å²) in [5.41, 5.74) is 1.17. The van der Waals surface area contributed by atoms with Gasteiger partial charge in [-0.25, -0.2) is 0 Å². The number of hydrogen-bond acceptors (Lipinski definition) is 3. The maximum atomic E-state index is 5.89. The van der Waals surface area contributed by atoms with Gasteiger partial charge in [-0.15, -0.1) is 6.58 Å². The van der Waals surface area contributed by atoms with E-state index in [4.69, 9.17) is 14.2 Å². The second-order valence-electron chi connectivity index (χ2n) is 4.85. The lowest BCUT2D eigenvalue weighted by Gasteiger charge is -2.25. The van der Waals surface area contributed by atoms with E-state index in [0.717, 1.165) is 0 Å². The first-order chi connectivity index (χ1) is 10.2. The molecule has 1 aromatic rings. The molecule has 4 heteroatoms. The molecule has 0 amide bonds. The Bertz CT molecular complexity index is 383. The summed E-state index contributed by atoms with van der Waals surface area (Å²) in [5, 5.41) is 0.642. The molecule has 118 valence electrons. The third kappa shape index (κ3) is 7.23. The van der Waals surface area contributed by atoms with Crippen LogP contribution in [0.3, 0.4) is 0 Å². The Balaban J connectivity index is 2.36. The molecule has 3 nitrogen and oxygen atoms in total. The Labute approximate surface area is 136 Å². The van der Waals surface area contributed by atoms with Crippen molar-refractivity contribution < 1.29 is 14.2 Å². The number of rotatable bonds is 11. The summed E-state index contributed by atoms with van der Waals surface area (Å²) < 4.78 is 17.1. The van der Waals surface area contributed by atoms with Gasteiger partial charge in [-0.05, 0) is 12.5 Å². The first kappa shape index (κ1) is 18.4. The van der Waals surface area contributed by atoms with Crippen LogP contribution in [0, 0.1) is 5.92 Å². The quantitative estimate of drug-likeness (QED) is 0.338. The molecule has 0 spiro atoms. The lowest BCUT2D eigenvalue weighted by Crippen LogP contribution is -2.31. The van der Waals surface area contributed by atoms with Crippen LogP contribution in [0.1, 0.15) is 19.4 Å². The summed E-state index contributed by atoms with van der Waals surface area (Å²) in [4.78, 5) is 0. The first-order valence-corrected chi connectivity index (χ1v) is 8.40. The van der Waals surface area contributed by atoms with Crippen LogP contribution in [-0.4, -0.2) is 30.9 Å². The zero-order valence-electron chi connectivity index (χ0n) is 12.8. The van der Waals surface area contributed by atoms with Crippen LogP contribution in [0.5, 0.6) is 0 Å². The highest BCUT2D eigenvalue weighted by Gasteiger charge is 2.19. The second kappa shape index (κ2) is 11.0. The Hall–Kier alpha value is -0.680. The van der Waals surface area contributed by atoms with Gasteiger partial charge >= 0.3 is 0 Å². The number of alkyl halides is 1. The minimum atomic E-state index is -0.255. The summed E-state index contributed by atoms with van der Waals surface area (Å²) in [6, 6.07) is 10.1. The highest BCUT2D eigenvalue weighted by Crippen LogP contribution is 2.15. The summed E-state index contributed by atoms with van der Waals surface area (Å²) in [7, 11) is 0. The average Bonchev–Trinajstić information content (AvgIpc) is 2.52. The van der Waals surface area contributed by atoms with Crippen molar-refractivity contribution in [1.29, 1.82) is 0 Å². The SMILES string of the molecule is C=C[C@@H](OC(CBr)OCC)[C@@H](C)COCc1ccccc1. The van der Waals surface area contributed by atoms with Crippen molar-refractivity contribution in [2.75, 3.05) is 18.5 Å². The van der Waals surface area contributed by atoms with Crippen molar-refractivity contribution in [3.8, 4) is 0 Å². The number of ether oxygens (including phenoxy) is 3. The van der Waals surface area contributed by atoms with Gasteiger partial charge < -0.3 is 14.2 Å². The highest BCUT2D eigenvalue weighted by molar-refractivity contribution is 9.09. The fourth-order valence-corrected chi connectivity index (χ4v) is 2.27. The standard InChI is InChI=1S/C17H25BrO3/c1-4-16(21-17(11-18)20-5-2)14(3)12-19-13-15-9-7-6-8-10-15/h4,6-10,14,16-17H,1,5,11-13H2,2-3H3/t14-,16+,17?/m0/s1. The molecule has 1 unspecified atom stereocenters. The molecular formula is C17H25BrO3. The van der Waals surface area contributed by atoms with E-state index in [1.165, 1.54) is 5.56 Å². The molecule has 0 heterocycles. The predicted octanol–water partition coefficient (Wildman–Crippen LogP) is 4.17. The largest absolute Gasteiger partial charge is 0.376 e. The Morgan fingerprint density at radius 1 is 1.29 bits per heavy atom. The molecule has 0 N–H and O–H groups in total. The Morgan fingerprint density at radius 3 is 2.57 bits per heavy atom. The second-order valence-corrected chi connectivity index (χ2v) is 5.50. The van der Waals surface area contributed by atoms with Gasteiger partial charge in [0.2, 0.25) is 0 Å². The van der Waals surface area contributed by atoms with Crippen molar-refractivity contribution in [2.24, 2.45) is 5.92 Å². The van der Waals surface area contributed by atoms with Crippen LogP contribution in [-0.2, 0) is 20.8 Å². The van der Waals surface area contributed by atoms with E-state index in [0.29, 0.717) is 25.2 Å². The van der Waals surface area contributed by atoms with Crippen LogP contribution >= 0.6 is 15.9 Å². The summed E-state index contributed by atoms with van der Waals surface area (Å²) >= 11 is 3.39. The van der Waals surface area contributed by atoms with Gasteiger partial charge in [-0.3, -0.25) is 0 Å². The molecule has 0 radical (unpaired) electrons.